The molecule has 2 aromatic carbocycles. The molecular weight excluding hydrogens is 379 g/mol. The third kappa shape index (κ3) is 3.26. The summed E-state index contributed by atoms with van der Waals surface area (Å²) in [5.74, 6) is 0. The summed E-state index contributed by atoms with van der Waals surface area (Å²) in [6.45, 7) is 1.98. The lowest BCUT2D eigenvalue weighted by atomic mass is 10.1. The normalized spacial score (nSPS) is 10.4. The van der Waals surface area contributed by atoms with Crippen LogP contribution >= 0.6 is 51.3 Å². The van der Waals surface area contributed by atoms with Crippen LogP contribution in [0.2, 0.25) is 10.0 Å². The standard InChI is InChI=1S/C14H11BrCl2N2S/c1-7-2-4-10(8(6-7)14(18)20)19-11-5-3-9(15)12(16)13(11)17/h2-6,19H,1H3,(H2,18,20). The fourth-order valence-corrected chi connectivity index (χ4v) is 2.73. The van der Waals surface area contributed by atoms with Crippen molar-refractivity contribution in [3.05, 3.63) is 56.0 Å². The maximum absolute atomic E-state index is 6.22. The molecule has 0 amide bonds. The van der Waals surface area contributed by atoms with Crippen molar-refractivity contribution in [1.29, 1.82) is 0 Å². The Hall–Kier alpha value is -0.810. The zero-order chi connectivity index (χ0) is 14.9. The molecule has 104 valence electrons. The summed E-state index contributed by atoms with van der Waals surface area (Å²) < 4.78 is 0.744. The third-order valence-corrected chi connectivity index (χ3v) is 4.74. The molecule has 0 saturated heterocycles. The third-order valence-electron chi connectivity index (χ3n) is 2.75. The van der Waals surface area contributed by atoms with E-state index >= 15 is 0 Å². The van der Waals surface area contributed by atoms with Crippen LogP contribution in [0.1, 0.15) is 11.1 Å². The number of benzene rings is 2. The predicted molar refractivity (Wildman–Crippen MR) is 94.5 cm³/mol. The van der Waals surface area contributed by atoms with Crippen LogP contribution in [-0.2, 0) is 0 Å². The maximum atomic E-state index is 6.22. The summed E-state index contributed by atoms with van der Waals surface area (Å²) in [5.41, 5.74) is 9.10. The maximum Gasteiger partial charge on any atom is 0.106 e. The van der Waals surface area contributed by atoms with Crippen LogP contribution in [0, 0.1) is 6.92 Å². The zero-order valence-electron chi connectivity index (χ0n) is 10.5. The molecule has 0 unspecified atom stereocenters. The Morgan fingerprint density at radius 2 is 1.80 bits per heavy atom. The zero-order valence-corrected chi connectivity index (χ0v) is 14.4. The Labute approximate surface area is 141 Å². The number of rotatable bonds is 3. The highest BCUT2D eigenvalue weighted by molar-refractivity contribution is 9.10. The molecule has 0 spiro atoms. The predicted octanol–water partition coefficient (Wildman–Crippen LogP) is 5.44. The molecule has 0 aromatic heterocycles. The molecule has 0 radical (unpaired) electrons. The first kappa shape index (κ1) is 15.6. The second-order valence-corrected chi connectivity index (χ2v) is 6.31. The highest BCUT2D eigenvalue weighted by Gasteiger charge is 2.11. The molecule has 0 heterocycles. The van der Waals surface area contributed by atoms with E-state index < -0.39 is 0 Å². The van der Waals surface area contributed by atoms with E-state index in [9.17, 15) is 0 Å². The Morgan fingerprint density at radius 3 is 2.45 bits per heavy atom. The quantitative estimate of drug-likeness (QED) is 0.541. The van der Waals surface area contributed by atoms with Crippen molar-refractivity contribution in [2.75, 3.05) is 5.32 Å². The van der Waals surface area contributed by atoms with Crippen LogP contribution < -0.4 is 11.1 Å². The van der Waals surface area contributed by atoms with Crippen LogP contribution in [-0.4, -0.2) is 4.99 Å². The lowest BCUT2D eigenvalue weighted by molar-refractivity contribution is 1.43. The highest BCUT2D eigenvalue weighted by atomic mass is 79.9. The number of halogens is 3. The van der Waals surface area contributed by atoms with E-state index in [1.54, 1.807) is 0 Å². The Kier molecular flexibility index (Phi) is 4.91. The van der Waals surface area contributed by atoms with Gasteiger partial charge in [0.05, 0.1) is 15.7 Å². The Morgan fingerprint density at radius 1 is 1.15 bits per heavy atom. The molecule has 0 aliphatic rings. The van der Waals surface area contributed by atoms with Gasteiger partial charge in [-0.2, -0.15) is 0 Å². The van der Waals surface area contributed by atoms with Crippen molar-refractivity contribution >= 4 is 67.7 Å². The van der Waals surface area contributed by atoms with E-state index in [2.05, 4.69) is 21.2 Å². The molecule has 3 N–H and O–H groups in total. The molecule has 0 atom stereocenters. The molecule has 0 saturated carbocycles. The van der Waals surface area contributed by atoms with E-state index in [0.29, 0.717) is 20.7 Å². The summed E-state index contributed by atoms with van der Waals surface area (Å²) >= 11 is 20.7. The molecular formula is C14H11BrCl2N2S. The van der Waals surface area contributed by atoms with E-state index in [1.165, 1.54) is 0 Å². The van der Waals surface area contributed by atoms with Gasteiger partial charge in [0.15, 0.2) is 0 Å². The van der Waals surface area contributed by atoms with Gasteiger partial charge in [0, 0.05) is 15.7 Å². The first-order valence-electron chi connectivity index (χ1n) is 5.71. The van der Waals surface area contributed by atoms with Gasteiger partial charge in [-0.3, -0.25) is 0 Å². The minimum Gasteiger partial charge on any atom is -0.389 e. The molecule has 0 bridgehead atoms. The van der Waals surface area contributed by atoms with Gasteiger partial charge in [-0.05, 0) is 47.1 Å². The van der Waals surface area contributed by atoms with Crippen LogP contribution in [0.25, 0.3) is 0 Å². The number of thiocarbonyl (C=S) groups is 1. The number of nitrogens with one attached hydrogen (secondary N) is 1. The number of anilines is 2. The topological polar surface area (TPSA) is 38.0 Å². The first-order chi connectivity index (χ1) is 9.40. The largest absolute Gasteiger partial charge is 0.389 e. The molecule has 0 aliphatic heterocycles. The number of aryl methyl sites for hydroxylation is 1. The van der Waals surface area contributed by atoms with Crippen molar-refractivity contribution in [2.45, 2.75) is 6.92 Å². The van der Waals surface area contributed by atoms with Gasteiger partial charge in [-0.1, -0.05) is 47.0 Å². The number of hydrogen-bond donors (Lipinski definition) is 2. The van der Waals surface area contributed by atoms with Gasteiger partial charge < -0.3 is 11.1 Å². The lowest BCUT2D eigenvalue weighted by Gasteiger charge is -2.14. The van der Waals surface area contributed by atoms with Crippen molar-refractivity contribution in [1.82, 2.24) is 0 Å². The lowest BCUT2D eigenvalue weighted by Crippen LogP contribution is -2.12. The van der Waals surface area contributed by atoms with Gasteiger partial charge in [0.2, 0.25) is 0 Å². The van der Waals surface area contributed by atoms with Crippen molar-refractivity contribution in [3.63, 3.8) is 0 Å². The average molecular weight is 390 g/mol. The van der Waals surface area contributed by atoms with Gasteiger partial charge in [-0.15, -0.1) is 0 Å². The fraction of sp³-hybridized carbons (Fsp3) is 0.0714. The molecule has 0 aliphatic carbocycles. The minimum atomic E-state index is 0.329. The van der Waals surface area contributed by atoms with Crippen LogP contribution in [0.15, 0.2) is 34.8 Å². The van der Waals surface area contributed by atoms with Crippen LogP contribution in [0.4, 0.5) is 11.4 Å². The summed E-state index contributed by atoms with van der Waals surface area (Å²) in [6.07, 6.45) is 0. The second kappa shape index (κ2) is 6.31. The van der Waals surface area contributed by atoms with Crippen molar-refractivity contribution in [2.24, 2.45) is 5.73 Å². The van der Waals surface area contributed by atoms with Gasteiger partial charge in [-0.25, -0.2) is 0 Å². The minimum absolute atomic E-state index is 0.329. The van der Waals surface area contributed by atoms with Crippen LogP contribution in [0.3, 0.4) is 0 Å². The summed E-state index contributed by atoms with van der Waals surface area (Å²) in [5, 5.41) is 4.11. The Bertz CT molecular complexity index is 689. The van der Waals surface area contributed by atoms with E-state index in [-0.39, 0.29) is 0 Å². The summed E-state index contributed by atoms with van der Waals surface area (Å²) in [6, 6.07) is 9.47. The van der Waals surface area contributed by atoms with Crippen LogP contribution in [0.5, 0.6) is 0 Å². The molecule has 20 heavy (non-hydrogen) atoms. The Balaban J connectivity index is 2.45. The molecule has 2 rings (SSSR count). The first-order valence-corrected chi connectivity index (χ1v) is 7.67. The number of hydrogen-bond acceptors (Lipinski definition) is 2. The van der Waals surface area contributed by atoms with E-state index in [0.717, 1.165) is 21.3 Å². The molecule has 2 aromatic rings. The monoisotopic (exact) mass is 388 g/mol. The smallest absolute Gasteiger partial charge is 0.106 e. The van der Waals surface area contributed by atoms with E-state index in [1.807, 2.05) is 37.3 Å². The van der Waals surface area contributed by atoms with Gasteiger partial charge >= 0.3 is 0 Å². The molecule has 0 fully saturated rings. The fourth-order valence-electron chi connectivity index (χ4n) is 1.74. The SMILES string of the molecule is Cc1ccc(Nc2ccc(Br)c(Cl)c2Cl)c(C(N)=S)c1. The van der Waals surface area contributed by atoms with Crippen molar-refractivity contribution in [3.8, 4) is 0 Å². The highest BCUT2D eigenvalue weighted by Crippen LogP contribution is 2.37. The summed E-state index contributed by atoms with van der Waals surface area (Å²) in [4.78, 5) is 0.329. The summed E-state index contributed by atoms with van der Waals surface area (Å²) in [7, 11) is 0. The number of nitrogens with two attached hydrogens (primary N) is 1. The molecule has 2 nitrogen and oxygen atoms in total. The second-order valence-electron chi connectivity index (χ2n) is 4.26. The average Bonchev–Trinajstić information content (AvgIpc) is 2.41. The van der Waals surface area contributed by atoms with Gasteiger partial charge in [0.25, 0.3) is 0 Å². The molecule has 6 heteroatoms. The van der Waals surface area contributed by atoms with Crippen molar-refractivity contribution < 1.29 is 0 Å². The van der Waals surface area contributed by atoms with Gasteiger partial charge in [0.1, 0.15) is 4.99 Å². The van der Waals surface area contributed by atoms with E-state index in [4.69, 9.17) is 41.2 Å².